The van der Waals surface area contributed by atoms with Gasteiger partial charge in [0.05, 0.1) is 18.7 Å². The number of carbonyl (C=O) groups excluding carboxylic acids is 2. The number of nitrogens with zero attached hydrogens (tertiary/aromatic N) is 2. The first-order valence-electron chi connectivity index (χ1n) is 10.7. The van der Waals surface area contributed by atoms with E-state index in [1.807, 2.05) is 18.2 Å². The van der Waals surface area contributed by atoms with E-state index in [9.17, 15) is 14.0 Å². The second-order valence-electron chi connectivity index (χ2n) is 8.16. The molecule has 2 amide bonds. The number of benzene rings is 2. The van der Waals surface area contributed by atoms with Crippen molar-refractivity contribution in [1.82, 2.24) is 15.5 Å². The highest BCUT2D eigenvalue weighted by atomic mass is 35.5. The molecule has 9 heteroatoms. The normalized spacial score (nSPS) is 19.2. The Bertz CT molecular complexity index is 1100. The molecule has 0 saturated carbocycles. The lowest BCUT2D eigenvalue weighted by molar-refractivity contribution is -0.136. The minimum Gasteiger partial charge on any atom is -0.466 e. The van der Waals surface area contributed by atoms with Crippen LogP contribution >= 0.6 is 11.6 Å². The molecule has 1 atom stereocenters. The second kappa shape index (κ2) is 9.80. The number of amides is 2. The maximum Gasteiger partial charge on any atom is 0.338 e. The summed E-state index contributed by atoms with van der Waals surface area (Å²) in [7, 11) is 1.29. The largest absolute Gasteiger partial charge is 0.466 e. The number of urea groups is 1. The number of ether oxygens (including phenoxy) is 1. The molecule has 2 aliphatic heterocycles. The van der Waals surface area contributed by atoms with Gasteiger partial charge < -0.3 is 20.3 Å². The Kier molecular flexibility index (Phi) is 6.85. The topological polar surface area (TPSA) is 73.9 Å². The van der Waals surface area contributed by atoms with Crippen LogP contribution in [0.4, 0.5) is 14.9 Å². The van der Waals surface area contributed by atoms with Gasteiger partial charge in [-0.3, -0.25) is 4.90 Å². The molecule has 0 unspecified atom stereocenters. The summed E-state index contributed by atoms with van der Waals surface area (Å²) in [6.45, 7) is 5.45. The predicted octanol–water partition coefficient (Wildman–Crippen LogP) is 3.39. The van der Waals surface area contributed by atoms with Crippen molar-refractivity contribution in [2.75, 3.05) is 44.7 Å². The molecule has 0 radical (unpaired) electrons. The van der Waals surface area contributed by atoms with E-state index in [0.29, 0.717) is 22.8 Å². The second-order valence-corrected chi connectivity index (χ2v) is 8.60. The molecule has 0 aromatic heterocycles. The van der Waals surface area contributed by atoms with E-state index in [0.717, 1.165) is 37.4 Å². The fourth-order valence-electron chi connectivity index (χ4n) is 4.32. The minimum atomic E-state index is -0.799. The number of aryl methyl sites for hydroxylation is 1. The molecule has 174 valence electrons. The highest BCUT2D eigenvalue weighted by Crippen LogP contribution is 2.29. The van der Waals surface area contributed by atoms with Crippen LogP contribution in [-0.4, -0.2) is 56.7 Å². The van der Waals surface area contributed by atoms with Crippen LogP contribution in [0.1, 0.15) is 17.2 Å². The van der Waals surface area contributed by atoms with Crippen LogP contribution < -0.4 is 15.5 Å². The van der Waals surface area contributed by atoms with Crippen molar-refractivity contribution in [2.24, 2.45) is 0 Å². The van der Waals surface area contributed by atoms with Crippen molar-refractivity contribution in [3.05, 3.63) is 75.7 Å². The first-order chi connectivity index (χ1) is 15.9. The van der Waals surface area contributed by atoms with Gasteiger partial charge in [0.1, 0.15) is 5.82 Å². The molecule has 2 aromatic rings. The zero-order chi connectivity index (χ0) is 23.5. The van der Waals surface area contributed by atoms with Crippen LogP contribution in [-0.2, 0) is 9.53 Å². The summed E-state index contributed by atoms with van der Waals surface area (Å²) in [6.07, 6.45) is 0. The SMILES string of the molecule is COC(=O)C1=C(CN2CCN(c3cc(Cl)ccc3C)CC2)NC(=O)N[C@H]1c1cccc(F)c1. The number of esters is 1. The number of hydrogen-bond acceptors (Lipinski definition) is 5. The Morgan fingerprint density at radius 2 is 1.94 bits per heavy atom. The molecule has 1 saturated heterocycles. The molecule has 2 aliphatic rings. The molecule has 0 aliphatic carbocycles. The van der Waals surface area contributed by atoms with Gasteiger partial charge in [-0.05, 0) is 42.3 Å². The third-order valence-corrected chi connectivity index (χ3v) is 6.24. The fraction of sp³-hybridized carbons (Fsp3) is 0.333. The molecular weight excluding hydrogens is 447 g/mol. The third-order valence-electron chi connectivity index (χ3n) is 6.01. The van der Waals surface area contributed by atoms with E-state index in [2.05, 4.69) is 27.4 Å². The number of carbonyl (C=O) groups is 2. The van der Waals surface area contributed by atoms with E-state index in [1.54, 1.807) is 12.1 Å². The van der Waals surface area contributed by atoms with Gasteiger partial charge in [0.25, 0.3) is 0 Å². The van der Waals surface area contributed by atoms with Gasteiger partial charge in [0, 0.05) is 49.1 Å². The Hall–Kier alpha value is -3.10. The third kappa shape index (κ3) is 5.12. The number of halogens is 2. The number of anilines is 1. The first kappa shape index (κ1) is 23.1. The quantitative estimate of drug-likeness (QED) is 0.652. The molecule has 1 fully saturated rings. The summed E-state index contributed by atoms with van der Waals surface area (Å²) in [5, 5.41) is 6.18. The molecule has 7 nitrogen and oxygen atoms in total. The number of methoxy groups -OCH3 is 1. The summed E-state index contributed by atoms with van der Waals surface area (Å²) >= 11 is 6.18. The van der Waals surface area contributed by atoms with Gasteiger partial charge in [0.15, 0.2) is 0 Å². The van der Waals surface area contributed by atoms with Crippen molar-refractivity contribution in [3.8, 4) is 0 Å². The number of hydrogen-bond donors (Lipinski definition) is 2. The van der Waals surface area contributed by atoms with Crippen LogP contribution in [0.3, 0.4) is 0 Å². The van der Waals surface area contributed by atoms with Gasteiger partial charge in [-0.1, -0.05) is 29.8 Å². The van der Waals surface area contributed by atoms with Crippen LogP contribution in [0.2, 0.25) is 5.02 Å². The summed E-state index contributed by atoms with van der Waals surface area (Å²) in [6, 6.07) is 10.5. The predicted molar refractivity (Wildman–Crippen MR) is 125 cm³/mol. The lowest BCUT2D eigenvalue weighted by atomic mass is 9.95. The minimum absolute atomic E-state index is 0.274. The van der Waals surface area contributed by atoms with E-state index < -0.39 is 23.9 Å². The van der Waals surface area contributed by atoms with Crippen LogP contribution in [0.25, 0.3) is 0 Å². The number of piperazine rings is 1. The smallest absolute Gasteiger partial charge is 0.338 e. The van der Waals surface area contributed by atoms with Gasteiger partial charge >= 0.3 is 12.0 Å². The molecule has 4 rings (SSSR count). The van der Waals surface area contributed by atoms with Crippen molar-refractivity contribution in [2.45, 2.75) is 13.0 Å². The van der Waals surface area contributed by atoms with Crippen LogP contribution in [0, 0.1) is 12.7 Å². The lowest BCUT2D eigenvalue weighted by Gasteiger charge is -2.38. The molecule has 0 spiro atoms. The maximum atomic E-state index is 13.8. The van der Waals surface area contributed by atoms with Gasteiger partial charge in [-0.15, -0.1) is 0 Å². The van der Waals surface area contributed by atoms with Crippen molar-refractivity contribution in [3.63, 3.8) is 0 Å². The highest BCUT2D eigenvalue weighted by molar-refractivity contribution is 6.30. The Morgan fingerprint density at radius 1 is 1.18 bits per heavy atom. The Morgan fingerprint density at radius 3 is 2.64 bits per heavy atom. The van der Waals surface area contributed by atoms with Crippen molar-refractivity contribution < 1.29 is 18.7 Å². The molecular formula is C24H26ClFN4O3. The number of rotatable bonds is 5. The lowest BCUT2D eigenvalue weighted by Crippen LogP contribution is -2.51. The van der Waals surface area contributed by atoms with Crippen LogP contribution in [0.15, 0.2) is 53.7 Å². The highest BCUT2D eigenvalue weighted by Gasteiger charge is 2.34. The molecule has 2 N–H and O–H groups in total. The average molecular weight is 473 g/mol. The van der Waals surface area contributed by atoms with E-state index in [1.165, 1.54) is 19.2 Å². The van der Waals surface area contributed by atoms with Crippen molar-refractivity contribution in [1.29, 1.82) is 0 Å². The fourth-order valence-corrected chi connectivity index (χ4v) is 4.49. The molecule has 2 aromatic carbocycles. The summed E-state index contributed by atoms with van der Waals surface area (Å²) < 4.78 is 18.9. The Balaban J connectivity index is 1.55. The summed E-state index contributed by atoms with van der Waals surface area (Å²) in [5.74, 6) is -1.02. The van der Waals surface area contributed by atoms with Gasteiger partial charge in [-0.25, -0.2) is 14.0 Å². The van der Waals surface area contributed by atoms with Crippen molar-refractivity contribution >= 4 is 29.3 Å². The molecule has 0 bridgehead atoms. The molecule has 2 heterocycles. The van der Waals surface area contributed by atoms with Gasteiger partial charge in [-0.2, -0.15) is 0 Å². The van der Waals surface area contributed by atoms with Crippen LogP contribution in [0.5, 0.6) is 0 Å². The maximum absolute atomic E-state index is 13.8. The average Bonchev–Trinajstić information content (AvgIpc) is 2.80. The standard InChI is InChI=1S/C24H26ClFN4O3/c1-15-6-7-17(25)13-20(15)30-10-8-29(9-11-30)14-19-21(23(31)33-2)22(28-24(32)27-19)16-4-3-5-18(26)12-16/h3-7,12-13,22H,8-11,14H2,1-2H3,(H2,27,28,32)/t22-/m0/s1. The van der Waals surface area contributed by atoms with E-state index >= 15 is 0 Å². The monoisotopic (exact) mass is 472 g/mol. The van der Waals surface area contributed by atoms with E-state index in [-0.39, 0.29) is 5.57 Å². The Labute approximate surface area is 197 Å². The zero-order valence-electron chi connectivity index (χ0n) is 18.5. The summed E-state index contributed by atoms with van der Waals surface area (Å²) in [5.41, 5.74) is 3.48. The van der Waals surface area contributed by atoms with Gasteiger partial charge in [0.2, 0.25) is 0 Å². The zero-order valence-corrected chi connectivity index (χ0v) is 19.3. The summed E-state index contributed by atoms with van der Waals surface area (Å²) in [4.78, 5) is 29.6. The molecule has 33 heavy (non-hydrogen) atoms. The first-order valence-corrected chi connectivity index (χ1v) is 11.1. The number of nitrogens with one attached hydrogen (secondary N) is 2. The van der Waals surface area contributed by atoms with E-state index in [4.69, 9.17) is 16.3 Å².